The molecule has 212 valence electrons. The highest BCUT2D eigenvalue weighted by molar-refractivity contribution is 7.86. The zero-order valence-corrected chi connectivity index (χ0v) is 24.5. The standard InChI is InChI=1S/C30H46N2O5S/c1-5-9-11-15-24-36-29-17-13-12-16-28(29)30(33)31-26-18-20-27(21-19-26)38(34,35)37-25-23-32(7-3,8-4)22-14-10-6-2/h12-13,16-21H,5-11,14-15,22-25H2,1-4H3/p+1. The second-order valence-corrected chi connectivity index (χ2v) is 11.4. The van der Waals surface area contributed by atoms with E-state index in [0.717, 1.165) is 56.2 Å². The molecule has 0 aliphatic rings. The number of hydrogen-bond donors (Lipinski definition) is 1. The number of para-hydroxylation sites is 1. The molecule has 7 nitrogen and oxygen atoms in total. The summed E-state index contributed by atoms with van der Waals surface area (Å²) >= 11 is 0. The van der Waals surface area contributed by atoms with E-state index in [-0.39, 0.29) is 17.4 Å². The van der Waals surface area contributed by atoms with Crippen molar-refractivity contribution in [2.75, 3.05) is 44.7 Å². The first-order chi connectivity index (χ1) is 18.3. The van der Waals surface area contributed by atoms with E-state index < -0.39 is 10.1 Å². The van der Waals surface area contributed by atoms with Crippen molar-refractivity contribution in [1.82, 2.24) is 0 Å². The number of ether oxygens (including phenoxy) is 1. The quantitative estimate of drug-likeness (QED) is 0.121. The van der Waals surface area contributed by atoms with Crippen molar-refractivity contribution < 1.29 is 26.6 Å². The minimum atomic E-state index is -3.89. The van der Waals surface area contributed by atoms with E-state index in [9.17, 15) is 13.2 Å². The lowest BCUT2D eigenvalue weighted by Gasteiger charge is -2.36. The molecule has 8 heteroatoms. The Morgan fingerprint density at radius 1 is 0.789 bits per heavy atom. The van der Waals surface area contributed by atoms with Gasteiger partial charge in [0.15, 0.2) is 0 Å². The number of carbonyl (C=O) groups is 1. The van der Waals surface area contributed by atoms with Gasteiger partial charge in [-0.05, 0) is 69.5 Å². The highest BCUT2D eigenvalue weighted by atomic mass is 32.2. The summed E-state index contributed by atoms with van der Waals surface area (Å²) in [7, 11) is -3.89. The molecule has 0 spiro atoms. The van der Waals surface area contributed by atoms with Crippen molar-refractivity contribution in [1.29, 1.82) is 0 Å². The Hall–Kier alpha value is -2.42. The summed E-state index contributed by atoms with van der Waals surface area (Å²) in [4.78, 5) is 13.0. The van der Waals surface area contributed by atoms with Crippen LogP contribution in [0.15, 0.2) is 53.4 Å². The number of nitrogens with one attached hydrogen (secondary N) is 1. The average molecular weight is 548 g/mol. The molecular weight excluding hydrogens is 500 g/mol. The number of likely N-dealkylation sites (N-methyl/N-ethyl adjacent to an activating group) is 1. The predicted octanol–water partition coefficient (Wildman–Crippen LogP) is 6.65. The third kappa shape index (κ3) is 10.0. The lowest BCUT2D eigenvalue weighted by atomic mass is 10.1. The maximum absolute atomic E-state index is 12.9. The van der Waals surface area contributed by atoms with Crippen molar-refractivity contribution in [3.8, 4) is 5.75 Å². The molecule has 0 radical (unpaired) electrons. The molecule has 0 aliphatic heterocycles. The zero-order chi connectivity index (χ0) is 27.9. The Labute approximate surface area is 230 Å². The Kier molecular flexibility index (Phi) is 13.8. The SMILES string of the molecule is CCCCCCOc1ccccc1C(=O)Nc1ccc(S(=O)(=O)OCC[N+](CC)(CC)CCCCC)cc1. The van der Waals surface area contributed by atoms with E-state index in [1.165, 1.54) is 25.0 Å². The van der Waals surface area contributed by atoms with Gasteiger partial charge in [0.25, 0.3) is 16.0 Å². The molecule has 0 atom stereocenters. The molecule has 38 heavy (non-hydrogen) atoms. The van der Waals surface area contributed by atoms with E-state index in [1.807, 2.05) is 6.07 Å². The van der Waals surface area contributed by atoms with E-state index in [0.29, 0.717) is 30.2 Å². The van der Waals surface area contributed by atoms with E-state index >= 15 is 0 Å². The van der Waals surface area contributed by atoms with Crippen molar-refractivity contribution in [3.63, 3.8) is 0 Å². The molecule has 0 unspecified atom stereocenters. The second-order valence-electron chi connectivity index (χ2n) is 9.79. The second kappa shape index (κ2) is 16.5. The summed E-state index contributed by atoms with van der Waals surface area (Å²) in [5.74, 6) is 0.231. The molecule has 0 saturated heterocycles. The molecule has 0 heterocycles. The Morgan fingerprint density at radius 3 is 2.11 bits per heavy atom. The van der Waals surface area contributed by atoms with Gasteiger partial charge in [0.1, 0.15) is 18.9 Å². The van der Waals surface area contributed by atoms with Gasteiger partial charge in [-0.1, -0.05) is 51.7 Å². The Morgan fingerprint density at radius 2 is 1.45 bits per heavy atom. The monoisotopic (exact) mass is 547 g/mol. The summed E-state index contributed by atoms with van der Waals surface area (Å²) in [5, 5.41) is 2.83. The molecule has 0 bridgehead atoms. The molecule has 0 fully saturated rings. The molecule has 0 aliphatic carbocycles. The van der Waals surface area contributed by atoms with Crippen LogP contribution in [0.1, 0.15) is 83.0 Å². The summed E-state index contributed by atoms with van der Waals surface area (Å²) in [5.41, 5.74) is 0.936. The molecule has 2 rings (SSSR count). The maximum atomic E-state index is 12.9. The van der Waals surface area contributed by atoms with Crippen molar-refractivity contribution in [2.24, 2.45) is 0 Å². The Bertz CT molecular complexity index is 1070. The minimum Gasteiger partial charge on any atom is -0.493 e. The number of anilines is 1. The largest absolute Gasteiger partial charge is 0.493 e. The average Bonchev–Trinajstić information content (AvgIpc) is 2.92. The molecule has 2 aromatic rings. The van der Waals surface area contributed by atoms with Gasteiger partial charge >= 0.3 is 0 Å². The van der Waals surface area contributed by atoms with Crippen LogP contribution < -0.4 is 10.1 Å². The fraction of sp³-hybridized carbons (Fsp3) is 0.567. The van der Waals surface area contributed by atoms with Crippen molar-refractivity contribution >= 4 is 21.7 Å². The summed E-state index contributed by atoms with van der Waals surface area (Å²) in [6, 6.07) is 13.2. The van der Waals surface area contributed by atoms with Gasteiger partial charge in [0.2, 0.25) is 0 Å². The molecule has 0 saturated carbocycles. The predicted molar refractivity (Wildman–Crippen MR) is 154 cm³/mol. The van der Waals surface area contributed by atoms with Gasteiger partial charge in [0.05, 0.1) is 36.7 Å². The van der Waals surface area contributed by atoms with E-state index in [1.54, 1.807) is 30.3 Å². The van der Waals surface area contributed by atoms with Gasteiger partial charge in [0, 0.05) is 5.69 Å². The van der Waals surface area contributed by atoms with Crippen LogP contribution in [-0.4, -0.2) is 58.2 Å². The topological polar surface area (TPSA) is 81.7 Å². The van der Waals surface area contributed by atoms with Crippen LogP contribution in [0.5, 0.6) is 5.75 Å². The third-order valence-electron chi connectivity index (χ3n) is 7.17. The lowest BCUT2D eigenvalue weighted by molar-refractivity contribution is -0.925. The van der Waals surface area contributed by atoms with E-state index in [4.69, 9.17) is 8.92 Å². The highest BCUT2D eigenvalue weighted by Crippen LogP contribution is 2.22. The van der Waals surface area contributed by atoms with Crippen LogP contribution >= 0.6 is 0 Å². The number of amides is 1. The lowest BCUT2D eigenvalue weighted by Crippen LogP contribution is -2.50. The van der Waals surface area contributed by atoms with Crippen molar-refractivity contribution in [3.05, 3.63) is 54.1 Å². The van der Waals surface area contributed by atoms with Gasteiger partial charge in [-0.3, -0.25) is 8.98 Å². The highest BCUT2D eigenvalue weighted by Gasteiger charge is 2.24. The van der Waals surface area contributed by atoms with Gasteiger partial charge < -0.3 is 14.5 Å². The summed E-state index contributed by atoms with van der Waals surface area (Å²) < 4.78 is 37.7. The normalized spacial score (nSPS) is 11.9. The molecule has 1 amide bonds. The number of unbranched alkanes of at least 4 members (excludes halogenated alkanes) is 5. The van der Waals surface area contributed by atoms with Crippen molar-refractivity contribution in [2.45, 2.75) is 77.5 Å². The first-order valence-corrected chi connectivity index (χ1v) is 15.6. The third-order valence-corrected chi connectivity index (χ3v) is 8.50. The number of carbonyl (C=O) groups excluding carboxylic acids is 1. The maximum Gasteiger partial charge on any atom is 0.297 e. The number of quaternary nitrogens is 1. The summed E-state index contributed by atoms with van der Waals surface area (Å²) in [6.07, 6.45) is 7.83. The fourth-order valence-electron chi connectivity index (χ4n) is 4.47. The van der Waals surface area contributed by atoms with Crippen LogP contribution in [0.2, 0.25) is 0 Å². The number of nitrogens with zero attached hydrogens (tertiary/aromatic N) is 1. The smallest absolute Gasteiger partial charge is 0.297 e. The zero-order valence-electron chi connectivity index (χ0n) is 23.7. The molecule has 2 aromatic carbocycles. The van der Waals surface area contributed by atoms with Gasteiger partial charge in [-0.25, -0.2) is 0 Å². The first-order valence-electron chi connectivity index (χ1n) is 14.2. The number of benzene rings is 2. The molecular formula is C30H47N2O5S+. The fourth-order valence-corrected chi connectivity index (χ4v) is 5.37. The summed E-state index contributed by atoms with van der Waals surface area (Å²) in [6.45, 7) is 12.9. The van der Waals surface area contributed by atoms with Gasteiger partial charge in [-0.15, -0.1) is 0 Å². The minimum absolute atomic E-state index is 0.0726. The van der Waals surface area contributed by atoms with Crippen LogP contribution in [0.25, 0.3) is 0 Å². The van der Waals surface area contributed by atoms with Crippen LogP contribution in [-0.2, 0) is 14.3 Å². The molecule has 1 N–H and O–H groups in total. The van der Waals surface area contributed by atoms with Crippen LogP contribution in [0.4, 0.5) is 5.69 Å². The Balaban J connectivity index is 1.96. The molecule has 0 aromatic heterocycles. The number of hydrogen-bond acceptors (Lipinski definition) is 5. The van der Waals surface area contributed by atoms with Crippen LogP contribution in [0.3, 0.4) is 0 Å². The first kappa shape index (κ1) is 31.8. The van der Waals surface area contributed by atoms with Crippen LogP contribution in [0, 0.1) is 0 Å². The van der Waals surface area contributed by atoms with E-state index in [2.05, 4.69) is 33.0 Å². The van der Waals surface area contributed by atoms with Gasteiger partial charge in [-0.2, -0.15) is 8.42 Å². The number of rotatable bonds is 19.